The van der Waals surface area contributed by atoms with Crippen molar-refractivity contribution in [3.05, 3.63) is 102 Å². The van der Waals surface area contributed by atoms with Crippen LogP contribution in [-0.4, -0.2) is 35.7 Å². The Kier molecular flexibility index (Phi) is 8.76. The molecule has 3 aromatic carbocycles. The molecule has 0 aliphatic rings. The van der Waals surface area contributed by atoms with E-state index < -0.39 is 0 Å². The maximum Gasteiger partial charge on any atom is 0.224 e. The lowest BCUT2D eigenvalue weighted by atomic mass is 10.1. The SMILES string of the molecule is C=CCc1ccccc1OCCCn1c(CCNC(=O)Cc2ccc(OC)cc2)nc2ccccc21. The minimum Gasteiger partial charge on any atom is -0.497 e. The van der Waals surface area contributed by atoms with Crippen LogP contribution in [0.15, 0.2) is 85.5 Å². The molecule has 0 spiro atoms. The first-order valence-electron chi connectivity index (χ1n) is 12.3. The summed E-state index contributed by atoms with van der Waals surface area (Å²) in [7, 11) is 1.63. The summed E-state index contributed by atoms with van der Waals surface area (Å²) in [5.74, 6) is 2.65. The van der Waals surface area contributed by atoms with Crippen molar-refractivity contribution >= 4 is 16.9 Å². The molecule has 1 aromatic heterocycles. The molecule has 0 unspecified atom stereocenters. The molecule has 6 nitrogen and oxygen atoms in total. The zero-order valence-electron chi connectivity index (χ0n) is 20.8. The van der Waals surface area contributed by atoms with Gasteiger partial charge in [0.25, 0.3) is 0 Å². The van der Waals surface area contributed by atoms with Crippen molar-refractivity contribution in [2.24, 2.45) is 0 Å². The number of nitrogens with zero attached hydrogens (tertiary/aromatic N) is 2. The molecule has 0 saturated heterocycles. The Balaban J connectivity index is 1.33. The van der Waals surface area contributed by atoms with E-state index in [1.54, 1.807) is 7.11 Å². The number of hydrogen-bond donors (Lipinski definition) is 1. The van der Waals surface area contributed by atoms with Crippen molar-refractivity contribution in [2.75, 3.05) is 20.3 Å². The third-order valence-electron chi connectivity index (χ3n) is 6.05. The molecule has 36 heavy (non-hydrogen) atoms. The number of carbonyl (C=O) groups is 1. The fourth-order valence-corrected chi connectivity index (χ4v) is 4.24. The molecule has 1 amide bonds. The summed E-state index contributed by atoms with van der Waals surface area (Å²) in [6.07, 6.45) is 4.52. The number of nitrogens with one attached hydrogen (secondary N) is 1. The zero-order valence-corrected chi connectivity index (χ0v) is 20.8. The number of carbonyl (C=O) groups excluding carboxylic acids is 1. The van der Waals surface area contributed by atoms with Gasteiger partial charge in [0.15, 0.2) is 0 Å². The standard InChI is InChI=1S/C30H33N3O3/c1-3-9-24-10-4-7-13-28(24)36-21-8-20-33-27-12-6-5-11-26(27)32-29(33)18-19-31-30(34)22-23-14-16-25(35-2)17-15-23/h3-7,10-17H,1,8-9,18-22H2,2H3,(H,31,34). The number of para-hydroxylation sites is 3. The van der Waals surface area contributed by atoms with Crippen molar-refractivity contribution in [3.8, 4) is 11.5 Å². The third kappa shape index (κ3) is 6.54. The molecule has 0 atom stereocenters. The number of allylic oxidation sites excluding steroid dienone is 1. The molecule has 186 valence electrons. The molecule has 0 fully saturated rings. The summed E-state index contributed by atoms with van der Waals surface area (Å²) in [5, 5.41) is 3.03. The minimum absolute atomic E-state index is 0.00517. The second kappa shape index (κ2) is 12.6. The van der Waals surface area contributed by atoms with E-state index in [1.807, 2.05) is 66.7 Å². The highest BCUT2D eigenvalue weighted by molar-refractivity contribution is 5.78. The van der Waals surface area contributed by atoms with E-state index in [1.165, 1.54) is 0 Å². The Labute approximate surface area is 212 Å². The first-order valence-corrected chi connectivity index (χ1v) is 12.3. The summed E-state index contributed by atoms with van der Waals surface area (Å²) < 4.78 is 13.5. The third-order valence-corrected chi connectivity index (χ3v) is 6.05. The van der Waals surface area contributed by atoms with Crippen LogP contribution in [0.3, 0.4) is 0 Å². The lowest BCUT2D eigenvalue weighted by molar-refractivity contribution is -0.120. The number of imidazole rings is 1. The number of amides is 1. The number of benzene rings is 3. The van der Waals surface area contributed by atoms with E-state index in [4.69, 9.17) is 14.5 Å². The van der Waals surface area contributed by atoms with Gasteiger partial charge in [0.05, 0.1) is 31.2 Å². The van der Waals surface area contributed by atoms with Crippen molar-refractivity contribution < 1.29 is 14.3 Å². The lowest BCUT2D eigenvalue weighted by Gasteiger charge is -2.13. The molecule has 0 aliphatic carbocycles. The predicted octanol–water partition coefficient (Wildman–Crippen LogP) is 5.14. The molecule has 1 heterocycles. The minimum atomic E-state index is -0.00517. The molecular formula is C30H33N3O3. The summed E-state index contributed by atoms with van der Waals surface area (Å²) in [6.45, 7) is 5.76. The monoisotopic (exact) mass is 483 g/mol. The molecule has 0 saturated carbocycles. The first-order chi connectivity index (χ1) is 17.7. The number of hydrogen-bond acceptors (Lipinski definition) is 4. The van der Waals surface area contributed by atoms with Crippen LogP contribution in [0.2, 0.25) is 0 Å². The quantitative estimate of drug-likeness (QED) is 0.211. The first kappa shape index (κ1) is 25.0. The summed E-state index contributed by atoms with van der Waals surface area (Å²) in [5.41, 5.74) is 4.17. The summed E-state index contributed by atoms with van der Waals surface area (Å²) in [6, 6.07) is 23.8. The molecule has 0 bridgehead atoms. The number of fused-ring (bicyclic) bond motifs is 1. The van der Waals surface area contributed by atoms with Crippen molar-refractivity contribution in [1.82, 2.24) is 14.9 Å². The maximum atomic E-state index is 12.4. The molecule has 4 rings (SSSR count). The number of aryl methyl sites for hydroxylation is 1. The Morgan fingerprint density at radius 1 is 1.06 bits per heavy atom. The van der Waals surface area contributed by atoms with Crippen LogP contribution in [-0.2, 0) is 30.6 Å². The van der Waals surface area contributed by atoms with E-state index >= 15 is 0 Å². The smallest absolute Gasteiger partial charge is 0.224 e. The second-order valence-corrected chi connectivity index (χ2v) is 8.60. The van der Waals surface area contributed by atoms with E-state index in [-0.39, 0.29) is 5.91 Å². The van der Waals surface area contributed by atoms with Gasteiger partial charge in [0, 0.05) is 19.5 Å². The highest BCUT2D eigenvalue weighted by Gasteiger charge is 2.11. The number of methoxy groups -OCH3 is 1. The Hall–Kier alpha value is -4.06. The van der Waals surface area contributed by atoms with Gasteiger partial charge in [-0.3, -0.25) is 4.79 Å². The van der Waals surface area contributed by atoms with Gasteiger partial charge in [-0.1, -0.05) is 48.5 Å². The van der Waals surface area contributed by atoms with Gasteiger partial charge in [-0.05, 0) is 54.3 Å². The van der Waals surface area contributed by atoms with E-state index in [2.05, 4.69) is 28.6 Å². The largest absolute Gasteiger partial charge is 0.497 e. The average Bonchev–Trinajstić information content (AvgIpc) is 3.25. The van der Waals surface area contributed by atoms with Crippen LogP contribution in [0.25, 0.3) is 11.0 Å². The van der Waals surface area contributed by atoms with Crippen molar-refractivity contribution in [2.45, 2.75) is 32.2 Å². The molecular weight excluding hydrogens is 450 g/mol. The van der Waals surface area contributed by atoms with E-state index in [0.717, 1.165) is 58.9 Å². The average molecular weight is 484 g/mol. The molecule has 1 N–H and O–H groups in total. The van der Waals surface area contributed by atoms with Gasteiger partial charge >= 0.3 is 0 Å². The Morgan fingerprint density at radius 3 is 2.64 bits per heavy atom. The van der Waals surface area contributed by atoms with Crippen LogP contribution < -0.4 is 14.8 Å². The van der Waals surface area contributed by atoms with E-state index in [9.17, 15) is 4.79 Å². The predicted molar refractivity (Wildman–Crippen MR) is 144 cm³/mol. The van der Waals surface area contributed by atoms with Gasteiger partial charge in [0.1, 0.15) is 17.3 Å². The van der Waals surface area contributed by atoms with Crippen LogP contribution in [0.1, 0.15) is 23.4 Å². The number of aromatic nitrogens is 2. The van der Waals surface area contributed by atoms with Crippen molar-refractivity contribution in [1.29, 1.82) is 0 Å². The van der Waals surface area contributed by atoms with Gasteiger partial charge in [-0.2, -0.15) is 0 Å². The molecule has 0 aliphatic heterocycles. The van der Waals surface area contributed by atoms with Gasteiger partial charge < -0.3 is 19.4 Å². The normalized spacial score (nSPS) is 10.8. The van der Waals surface area contributed by atoms with Crippen LogP contribution in [0, 0.1) is 0 Å². The highest BCUT2D eigenvalue weighted by atomic mass is 16.5. The Bertz CT molecular complexity index is 1290. The van der Waals surface area contributed by atoms with Gasteiger partial charge in [-0.25, -0.2) is 4.98 Å². The zero-order chi connectivity index (χ0) is 25.2. The Morgan fingerprint density at radius 2 is 1.83 bits per heavy atom. The second-order valence-electron chi connectivity index (χ2n) is 8.60. The number of rotatable bonds is 13. The topological polar surface area (TPSA) is 65.4 Å². The van der Waals surface area contributed by atoms with Crippen LogP contribution in [0.4, 0.5) is 0 Å². The fraction of sp³-hybridized carbons (Fsp3) is 0.267. The number of ether oxygens (including phenoxy) is 2. The fourth-order valence-electron chi connectivity index (χ4n) is 4.24. The van der Waals surface area contributed by atoms with E-state index in [0.29, 0.717) is 26.0 Å². The summed E-state index contributed by atoms with van der Waals surface area (Å²) in [4.78, 5) is 17.3. The van der Waals surface area contributed by atoms with Crippen LogP contribution >= 0.6 is 0 Å². The van der Waals surface area contributed by atoms with Gasteiger partial charge in [-0.15, -0.1) is 6.58 Å². The maximum absolute atomic E-state index is 12.4. The van der Waals surface area contributed by atoms with Crippen molar-refractivity contribution in [3.63, 3.8) is 0 Å². The lowest BCUT2D eigenvalue weighted by Crippen LogP contribution is -2.28. The van der Waals surface area contributed by atoms with Crippen LogP contribution in [0.5, 0.6) is 11.5 Å². The molecule has 0 radical (unpaired) electrons. The highest BCUT2D eigenvalue weighted by Crippen LogP contribution is 2.20. The summed E-state index contributed by atoms with van der Waals surface area (Å²) >= 11 is 0. The molecule has 6 heteroatoms. The molecule has 4 aromatic rings. The van der Waals surface area contributed by atoms with Gasteiger partial charge in [0.2, 0.25) is 5.91 Å².